The Morgan fingerprint density at radius 1 is 0.682 bits per heavy atom. The molecule has 1 aliphatic rings. The molecule has 0 fully saturated rings. The van der Waals surface area contributed by atoms with Crippen LogP contribution in [0.15, 0.2) is 42.5 Å². The molecule has 236 valence electrons. The number of nitrogens with zero attached hydrogens (tertiary/aromatic N) is 1. The van der Waals surface area contributed by atoms with Gasteiger partial charge in [-0.1, -0.05) is 0 Å². The second kappa shape index (κ2) is 13.5. The van der Waals surface area contributed by atoms with E-state index in [1.54, 1.807) is 49.8 Å². The van der Waals surface area contributed by atoms with Crippen molar-refractivity contribution in [3.63, 3.8) is 0 Å². The molecule has 12 nitrogen and oxygen atoms in total. The predicted octanol–water partition coefficient (Wildman–Crippen LogP) is 3.78. The fourth-order valence-corrected chi connectivity index (χ4v) is 5.48. The number of fused-ring (bicyclic) bond motifs is 4. The molecule has 1 aromatic heterocycles. The van der Waals surface area contributed by atoms with E-state index < -0.39 is 10.4 Å². The zero-order valence-corrected chi connectivity index (χ0v) is 26.3. The zero-order chi connectivity index (χ0) is 32.2. The molecule has 4 aromatic rings. The monoisotopic (exact) mass is 629 g/mol. The first-order chi connectivity index (χ1) is 21.0. The number of aryl methyl sites for hydroxylation is 1. The van der Waals surface area contributed by atoms with Crippen LogP contribution < -0.4 is 37.7 Å². The lowest BCUT2D eigenvalue weighted by Crippen LogP contribution is -2.44. The van der Waals surface area contributed by atoms with E-state index >= 15 is 0 Å². The number of pyridine rings is 1. The van der Waals surface area contributed by atoms with Gasteiger partial charge in [0.25, 0.3) is 0 Å². The third-order valence-electron chi connectivity index (χ3n) is 7.36. The molecule has 0 saturated heterocycles. The number of rotatable bonds is 9. The van der Waals surface area contributed by atoms with Crippen LogP contribution in [-0.2, 0) is 29.8 Å². The molecule has 0 saturated carbocycles. The van der Waals surface area contributed by atoms with Crippen LogP contribution in [0.5, 0.6) is 40.2 Å². The van der Waals surface area contributed by atoms with E-state index in [1.807, 2.05) is 18.2 Å². The number of hydrogen-bond acceptors (Lipinski definition) is 11. The predicted molar refractivity (Wildman–Crippen MR) is 160 cm³/mol. The van der Waals surface area contributed by atoms with E-state index in [2.05, 4.69) is 28.8 Å². The minimum absolute atomic E-state index is 0. The summed E-state index contributed by atoms with van der Waals surface area (Å²) in [4.78, 5) is 0. The topological polar surface area (TPSA) is 149 Å². The molecule has 2 heterocycles. The van der Waals surface area contributed by atoms with E-state index in [4.69, 9.17) is 50.7 Å². The third kappa shape index (κ3) is 6.69. The SMILES string of the molecule is COc1cc2c(cc1OC)-c1cc3cc(OC)c(OC)cc3c(Cc3cc(OC)c(OC)c(OC)c3)[n+]1CC2.O=S(=O)([O-])[O-].[H+]. The van der Waals surface area contributed by atoms with Crippen molar-refractivity contribution in [1.29, 1.82) is 0 Å². The average molecular weight is 630 g/mol. The Bertz CT molecular complexity index is 1760. The summed E-state index contributed by atoms with van der Waals surface area (Å²) in [5, 5.41) is 2.12. The Kier molecular flexibility index (Phi) is 9.92. The maximum atomic E-state index is 8.52. The van der Waals surface area contributed by atoms with Crippen LogP contribution >= 0.6 is 0 Å². The van der Waals surface area contributed by atoms with Gasteiger partial charge in [0.15, 0.2) is 46.7 Å². The molecule has 0 radical (unpaired) electrons. The molecule has 0 unspecified atom stereocenters. The Hall–Kier alpha value is -4.46. The van der Waals surface area contributed by atoms with Gasteiger partial charge < -0.3 is 42.3 Å². The minimum atomic E-state index is -5.17. The summed E-state index contributed by atoms with van der Waals surface area (Å²) < 4.78 is 75.9. The van der Waals surface area contributed by atoms with Gasteiger partial charge in [-0.2, -0.15) is 4.57 Å². The molecule has 0 spiro atoms. The number of methoxy groups -OCH3 is 7. The molecule has 13 heteroatoms. The number of aromatic nitrogens is 1. The van der Waals surface area contributed by atoms with E-state index in [9.17, 15) is 0 Å². The first kappa shape index (κ1) is 32.5. The van der Waals surface area contributed by atoms with Crippen LogP contribution in [0, 0.1) is 0 Å². The van der Waals surface area contributed by atoms with Gasteiger partial charge in [-0.15, -0.1) is 0 Å². The Labute approximate surface area is 257 Å². The normalized spacial score (nSPS) is 11.8. The first-order valence-corrected chi connectivity index (χ1v) is 14.7. The molecule has 0 atom stereocenters. The Morgan fingerprint density at radius 3 is 1.70 bits per heavy atom. The largest absolute Gasteiger partial charge is 1.00 e. The van der Waals surface area contributed by atoms with Crippen LogP contribution in [0.1, 0.15) is 18.2 Å². The fraction of sp³-hybridized carbons (Fsp3) is 0.323. The molecule has 5 rings (SSSR count). The molecule has 3 aromatic carbocycles. The lowest BCUT2D eigenvalue weighted by Gasteiger charge is -2.21. The van der Waals surface area contributed by atoms with Crippen molar-refractivity contribution >= 4 is 21.2 Å². The van der Waals surface area contributed by atoms with Crippen molar-refractivity contribution < 1.29 is 56.7 Å². The summed E-state index contributed by atoms with van der Waals surface area (Å²) in [5.74, 6) is 4.59. The Morgan fingerprint density at radius 2 is 1.18 bits per heavy atom. The molecular formula is C31H35NO11S. The van der Waals surface area contributed by atoms with Gasteiger partial charge in [0.05, 0.1) is 67.1 Å². The second-order valence-corrected chi connectivity index (χ2v) is 10.5. The van der Waals surface area contributed by atoms with E-state index in [0.717, 1.165) is 52.0 Å². The summed E-state index contributed by atoms with van der Waals surface area (Å²) in [7, 11) is 6.34. The summed E-state index contributed by atoms with van der Waals surface area (Å²) in [5.41, 5.74) is 5.59. The minimum Gasteiger partial charge on any atom is -0.759 e. The van der Waals surface area contributed by atoms with E-state index in [1.165, 1.54) is 5.56 Å². The first-order valence-electron chi connectivity index (χ1n) is 13.3. The lowest BCUT2D eigenvalue weighted by atomic mass is 9.92. The number of benzene rings is 3. The molecular weight excluding hydrogens is 594 g/mol. The molecule has 0 bridgehead atoms. The van der Waals surface area contributed by atoms with Crippen molar-refractivity contribution in [2.45, 2.75) is 19.4 Å². The highest BCUT2D eigenvalue weighted by atomic mass is 32.3. The lowest BCUT2D eigenvalue weighted by molar-refractivity contribution is -0.693. The molecule has 44 heavy (non-hydrogen) atoms. The fourth-order valence-electron chi connectivity index (χ4n) is 5.48. The molecule has 0 amide bonds. The summed E-state index contributed by atoms with van der Waals surface area (Å²) >= 11 is 0. The highest BCUT2D eigenvalue weighted by Crippen LogP contribution is 2.42. The standard InChI is InChI=1S/C31H34NO7.H2O4S/c1-33-25-14-19-8-9-32-23(10-18-11-29(37-5)31(39-7)30(12-18)38-6)22-17-28(36-4)26(34-2)15-20(22)13-24(32)21(19)16-27(25)35-3;1-5(2,3)4/h11-17H,8-10H2,1-7H3;(H2,1,2,3,4)/q+1;/p-1. The smallest absolute Gasteiger partial charge is 0.759 e. The van der Waals surface area contributed by atoms with Crippen LogP contribution in [-0.4, -0.2) is 67.3 Å². The highest BCUT2D eigenvalue weighted by molar-refractivity contribution is 7.79. The van der Waals surface area contributed by atoms with Crippen LogP contribution in [0.3, 0.4) is 0 Å². The molecule has 0 N–H and O–H groups in total. The third-order valence-corrected chi connectivity index (χ3v) is 7.36. The zero-order valence-electron chi connectivity index (χ0n) is 26.5. The van der Waals surface area contributed by atoms with Crippen molar-refractivity contribution in [2.75, 3.05) is 49.8 Å². The summed E-state index contributed by atoms with van der Waals surface area (Å²) in [6, 6.07) is 14.4. The maximum Gasteiger partial charge on any atom is 1.00 e. The second-order valence-electron chi connectivity index (χ2n) is 9.66. The van der Waals surface area contributed by atoms with E-state index in [0.29, 0.717) is 40.9 Å². The van der Waals surface area contributed by atoms with Crippen LogP contribution in [0.25, 0.3) is 22.0 Å². The maximum absolute atomic E-state index is 8.52. The van der Waals surface area contributed by atoms with Crippen molar-refractivity contribution in [2.24, 2.45) is 0 Å². The van der Waals surface area contributed by atoms with E-state index in [-0.39, 0.29) is 1.43 Å². The van der Waals surface area contributed by atoms with Gasteiger partial charge in [-0.25, -0.2) is 0 Å². The summed E-state index contributed by atoms with van der Waals surface area (Å²) in [6.45, 7) is 0.807. The number of ether oxygens (including phenoxy) is 7. The molecule has 0 aliphatic carbocycles. The van der Waals surface area contributed by atoms with Crippen LogP contribution in [0.2, 0.25) is 0 Å². The van der Waals surface area contributed by atoms with Gasteiger partial charge >= 0.3 is 1.43 Å². The van der Waals surface area contributed by atoms with Gasteiger partial charge in [0.2, 0.25) is 11.4 Å². The highest BCUT2D eigenvalue weighted by Gasteiger charge is 2.31. The number of hydrogen-bond donors (Lipinski definition) is 0. The molecule has 1 aliphatic heterocycles. The summed E-state index contributed by atoms with van der Waals surface area (Å²) in [6.07, 6.45) is 1.48. The van der Waals surface area contributed by atoms with Crippen molar-refractivity contribution in [3.05, 3.63) is 59.3 Å². The van der Waals surface area contributed by atoms with Gasteiger partial charge in [0.1, 0.15) is 0 Å². The van der Waals surface area contributed by atoms with Crippen molar-refractivity contribution in [1.82, 2.24) is 0 Å². The van der Waals surface area contributed by atoms with Gasteiger partial charge in [-0.05, 0) is 52.9 Å². The quantitative estimate of drug-likeness (QED) is 0.151. The Balaban J connectivity index is 0.000000854. The van der Waals surface area contributed by atoms with Gasteiger partial charge in [-0.3, -0.25) is 8.42 Å². The van der Waals surface area contributed by atoms with Crippen molar-refractivity contribution in [3.8, 4) is 51.5 Å². The van der Waals surface area contributed by atoms with Gasteiger partial charge in [0, 0.05) is 22.9 Å². The average Bonchev–Trinajstić information content (AvgIpc) is 3.01. The van der Waals surface area contributed by atoms with Crippen LogP contribution in [0.4, 0.5) is 0 Å².